The van der Waals surface area contributed by atoms with Gasteiger partial charge in [-0.3, -0.25) is 4.79 Å². The fourth-order valence-corrected chi connectivity index (χ4v) is 7.77. The molecule has 136 valence electrons. The quantitative estimate of drug-likeness (QED) is 0.734. The van der Waals surface area contributed by atoms with Crippen LogP contribution in [0.4, 0.5) is 0 Å². The molecule has 0 bridgehead atoms. The molecule has 0 unspecified atom stereocenters. The van der Waals surface area contributed by atoms with E-state index in [0.29, 0.717) is 30.0 Å². The van der Waals surface area contributed by atoms with Gasteiger partial charge in [0.25, 0.3) is 0 Å². The largest absolute Gasteiger partial charge is 0.390 e. The highest BCUT2D eigenvalue weighted by molar-refractivity contribution is 5.79. The van der Waals surface area contributed by atoms with Gasteiger partial charge < -0.3 is 5.11 Å². The number of ketones is 1. The molecule has 0 amide bonds. The second kappa shape index (κ2) is 5.32. The number of Topliss-reactive ketones (excluding diaryl/α,β-unsaturated/α-hetero) is 1. The minimum Gasteiger partial charge on any atom is -0.390 e. The Kier molecular flexibility index (Phi) is 3.51. The van der Waals surface area contributed by atoms with E-state index in [1.54, 1.807) is 6.92 Å². The van der Waals surface area contributed by atoms with Crippen LogP contribution in [0.5, 0.6) is 0 Å². The molecule has 4 fully saturated rings. The molecule has 4 aliphatic rings. The molecule has 0 aromatic rings. The van der Waals surface area contributed by atoms with E-state index < -0.39 is 11.5 Å². The summed E-state index contributed by atoms with van der Waals surface area (Å²) in [7, 11) is 0. The summed E-state index contributed by atoms with van der Waals surface area (Å²) in [5.74, 6) is 2.16. The highest BCUT2D eigenvalue weighted by Gasteiger charge is 2.61. The van der Waals surface area contributed by atoms with Crippen LogP contribution < -0.4 is 0 Å². The van der Waals surface area contributed by atoms with E-state index in [-0.39, 0.29) is 16.7 Å². The van der Waals surface area contributed by atoms with E-state index >= 15 is 0 Å². The SMILES string of the molecule is [2H][C@]12CC[C@H]3[C@@H]4CC[C@H](C(C)=O)[C@@]4(C)CC[C@@H]3[C@@]1(C)CC[C@@](C)(O)C2. The summed E-state index contributed by atoms with van der Waals surface area (Å²) < 4.78 is 9.28. The predicted octanol–water partition coefficient (Wildman–Crippen LogP) is 4.99. The van der Waals surface area contributed by atoms with Crippen LogP contribution in [0.2, 0.25) is 0 Å². The minimum absolute atomic E-state index is 0.0355. The monoisotopic (exact) mass is 333 g/mol. The third-order valence-corrected chi connectivity index (χ3v) is 9.11. The summed E-state index contributed by atoms with van der Waals surface area (Å²) in [5.41, 5.74) is -0.427. The molecule has 4 aliphatic carbocycles. The van der Waals surface area contributed by atoms with Crippen LogP contribution in [0.25, 0.3) is 0 Å². The van der Waals surface area contributed by atoms with Crippen LogP contribution >= 0.6 is 0 Å². The van der Waals surface area contributed by atoms with Crippen LogP contribution in [0.15, 0.2) is 0 Å². The van der Waals surface area contributed by atoms with Crippen molar-refractivity contribution in [1.82, 2.24) is 0 Å². The first-order valence-electron chi connectivity index (χ1n) is 10.8. The van der Waals surface area contributed by atoms with Crippen molar-refractivity contribution in [1.29, 1.82) is 0 Å². The molecular formula is C22H36O2. The molecule has 0 heterocycles. The fraction of sp³-hybridized carbons (Fsp3) is 0.955. The highest BCUT2D eigenvalue weighted by atomic mass is 16.3. The van der Waals surface area contributed by atoms with Crippen molar-refractivity contribution in [2.24, 2.45) is 40.4 Å². The first-order chi connectivity index (χ1) is 11.5. The summed E-state index contributed by atoms with van der Waals surface area (Å²) >= 11 is 0. The molecule has 2 nitrogen and oxygen atoms in total. The lowest BCUT2D eigenvalue weighted by Gasteiger charge is -2.61. The number of carbonyl (C=O) groups is 1. The van der Waals surface area contributed by atoms with Crippen molar-refractivity contribution < 1.29 is 11.3 Å². The maximum Gasteiger partial charge on any atom is 0.133 e. The second-order valence-electron chi connectivity index (χ2n) is 10.4. The lowest BCUT2D eigenvalue weighted by molar-refractivity contribution is -0.150. The lowest BCUT2D eigenvalue weighted by Crippen LogP contribution is -2.55. The van der Waals surface area contributed by atoms with Crippen molar-refractivity contribution in [3.8, 4) is 0 Å². The van der Waals surface area contributed by atoms with Crippen molar-refractivity contribution in [3.05, 3.63) is 0 Å². The van der Waals surface area contributed by atoms with Crippen molar-refractivity contribution in [2.45, 2.75) is 91.1 Å². The minimum atomic E-state index is -0.662. The Balaban J connectivity index is 1.65. The van der Waals surface area contributed by atoms with E-state index in [0.717, 1.165) is 38.5 Å². The highest BCUT2D eigenvalue weighted by Crippen LogP contribution is 2.68. The van der Waals surface area contributed by atoms with E-state index in [1.165, 1.54) is 12.8 Å². The number of hydrogen-bond acceptors (Lipinski definition) is 2. The Morgan fingerprint density at radius 3 is 2.38 bits per heavy atom. The Morgan fingerprint density at radius 1 is 0.958 bits per heavy atom. The van der Waals surface area contributed by atoms with Gasteiger partial charge in [0.15, 0.2) is 0 Å². The fourth-order valence-electron chi connectivity index (χ4n) is 7.77. The van der Waals surface area contributed by atoms with Crippen molar-refractivity contribution in [2.75, 3.05) is 0 Å². The van der Waals surface area contributed by atoms with Crippen LogP contribution in [-0.2, 0) is 4.79 Å². The number of hydrogen-bond donors (Lipinski definition) is 1. The molecule has 24 heavy (non-hydrogen) atoms. The third-order valence-electron chi connectivity index (χ3n) is 9.11. The lowest BCUT2D eigenvalue weighted by atomic mass is 9.44. The Labute approximate surface area is 149 Å². The van der Waals surface area contributed by atoms with Crippen LogP contribution in [-0.4, -0.2) is 16.5 Å². The standard InChI is InChI=1S/C22H36O2/c1-14(23)17-7-8-18-16-6-5-15-13-20(2,24)11-12-21(15,3)19(16)9-10-22(17,18)4/h15-19,24H,5-13H2,1-4H3/t15-,16+,17-,18+,19+,20-,21+,22-/m1/s1/i15D. The summed E-state index contributed by atoms with van der Waals surface area (Å²) in [4.78, 5) is 12.2. The number of fused-ring (bicyclic) bond motifs is 5. The van der Waals surface area contributed by atoms with Crippen LogP contribution in [0.1, 0.15) is 86.9 Å². The molecule has 0 aliphatic heterocycles. The summed E-state index contributed by atoms with van der Waals surface area (Å²) in [6.45, 7) is 8.49. The van der Waals surface area contributed by atoms with Gasteiger partial charge in [-0.1, -0.05) is 13.8 Å². The summed E-state index contributed by atoms with van der Waals surface area (Å²) in [5, 5.41) is 10.6. The van der Waals surface area contributed by atoms with Crippen LogP contribution in [0.3, 0.4) is 0 Å². The number of carbonyl (C=O) groups excluding carboxylic acids is 1. The molecule has 0 aromatic heterocycles. The first kappa shape index (κ1) is 15.9. The van der Waals surface area contributed by atoms with E-state index in [4.69, 9.17) is 0 Å². The molecule has 0 radical (unpaired) electrons. The normalized spacial score (nSPS) is 60.6. The van der Waals surface area contributed by atoms with Gasteiger partial charge in [0.05, 0.1) is 5.60 Å². The smallest absolute Gasteiger partial charge is 0.133 e. The molecule has 8 atom stereocenters. The van der Waals surface area contributed by atoms with Gasteiger partial charge in [0, 0.05) is 7.29 Å². The molecule has 0 spiro atoms. The van der Waals surface area contributed by atoms with Crippen LogP contribution in [0, 0.1) is 40.4 Å². The second-order valence-corrected chi connectivity index (χ2v) is 10.4. The molecule has 0 saturated heterocycles. The van der Waals surface area contributed by atoms with Gasteiger partial charge >= 0.3 is 0 Å². The van der Waals surface area contributed by atoms with Crippen molar-refractivity contribution >= 4 is 5.78 Å². The number of aliphatic hydroxyl groups is 1. The molecule has 0 aromatic carbocycles. The maximum atomic E-state index is 12.2. The van der Waals surface area contributed by atoms with Gasteiger partial charge in [-0.2, -0.15) is 0 Å². The van der Waals surface area contributed by atoms with Gasteiger partial charge in [-0.15, -0.1) is 0 Å². The summed E-state index contributed by atoms with van der Waals surface area (Å²) in [6, 6.07) is 0. The molecule has 2 heteroatoms. The summed E-state index contributed by atoms with van der Waals surface area (Å²) in [6.07, 6.45) is 9.15. The Hall–Kier alpha value is -0.370. The molecule has 4 rings (SSSR count). The topological polar surface area (TPSA) is 37.3 Å². The zero-order valence-electron chi connectivity index (χ0n) is 17.0. The van der Waals surface area contributed by atoms with Gasteiger partial charge in [0.1, 0.15) is 5.78 Å². The zero-order valence-corrected chi connectivity index (χ0v) is 16.0. The van der Waals surface area contributed by atoms with E-state index in [2.05, 4.69) is 13.8 Å². The van der Waals surface area contributed by atoms with Gasteiger partial charge in [-0.25, -0.2) is 0 Å². The average molecular weight is 334 g/mol. The zero-order chi connectivity index (χ0) is 18.3. The average Bonchev–Trinajstić information content (AvgIpc) is 2.85. The van der Waals surface area contributed by atoms with E-state index in [1.807, 2.05) is 6.92 Å². The Morgan fingerprint density at radius 2 is 1.67 bits per heavy atom. The van der Waals surface area contributed by atoms with Gasteiger partial charge in [0.2, 0.25) is 0 Å². The van der Waals surface area contributed by atoms with Crippen molar-refractivity contribution in [3.63, 3.8) is 0 Å². The third kappa shape index (κ3) is 2.27. The van der Waals surface area contributed by atoms with Gasteiger partial charge in [-0.05, 0) is 106 Å². The predicted molar refractivity (Wildman–Crippen MR) is 96.5 cm³/mol. The number of rotatable bonds is 1. The first-order valence-corrected chi connectivity index (χ1v) is 10.3. The van der Waals surface area contributed by atoms with E-state index in [9.17, 15) is 11.3 Å². The molecule has 4 saturated carbocycles. The molecule has 1 N–H and O–H groups in total. The molecular weight excluding hydrogens is 296 g/mol. The Bertz CT molecular complexity index is 587. The maximum absolute atomic E-state index is 12.2.